The van der Waals surface area contributed by atoms with Gasteiger partial charge in [0.25, 0.3) is 0 Å². The highest BCUT2D eigenvalue weighted by molar-refractivity contribution is 7.53. The molecule has 11 heteroatoms. The van der Waals surface area contributed by atoms with Gasteiger partial charge in [0.2, 0.25) is 5.91 Å². The van der Waals surface area contributed by atoms with E-state index in [-0.39, 0.29) is 26.0 Å². The van der Waals surface area contributed by atoms with E-state index in [0.29, 0.717) is 19.3 Å². The lowest BCUT2D eigenvalue weighted by atomic mass is 10.1. The molecule has 0 radical (unpaired) electrons. The summed E-state index contributed by atoms with van der Waals surface area (Å²) in [5, 5.41) is 14.7. The normalized spacial score (nSPS) is 14.2. The van der Waals surface area contributed by atoms with E-state index in [4.69, 9.17) is 9.26 Å². The van der Waals surface area contributed by atoms with Crippen LogP contribution in [0.3, 0.4) is 0 Å². The third-order valence-corrected chi connectivity index (χ3v) is 7.69. The van der Waals surface area contributed by atoms with E-state index in [1.165, 1.54) is 0 Å². The van der Waals surface area contributed by atoms with Gasteiger partial charge < -0.3 is 25.4 Å². The number of hydrogen-bond donors (Lipinski definition) is 4. The number of carbonyl (C=O) groups excluding carboxylic acids is 2. The van der Waals surface area contributed by atoms with Gasteiger partial charge in [-0.15, -0.1) is 0 Å². The zero-order chi connectivity index (χ0) is 28.0. The van der Waals surface area contributed by atoms with Crippen molar-refractivity contribution in [2.24, 2.45) is 5.92 Å². The van der Waals surface area contributed by atoms with Gasteiger partial charge in [0, 0.05) is 13.0 Å². The topological polar surface area (TPSA) is 151 Å². The Balaban J connectivity index is 1.79. The number of aliphatic carboxylic acids is 1. The second-order valence-corrected chi connectivity index (χ2v) is 11.1. The summed E-state index contributed by atoms with van der Waals surface area (Å²) < 4.78 is 23.3. The molecule has 0 spiro atoms. The molecule has 0 aromatic heterocycles. The first-order chi connectivity index (χ1) is 18.1. The number of ether oxygens (including phenoxy) is 1. The van der Waals surface area contributed by atoms with Gasteiger partial charge in [-0.05, 0) is 42.7 Å². The molecule has 2 aromatic rings. The Kier molecular flexibility index (Phi) is 13.0. The van der Waals surface area contributed by atoms with Crippen LogP contribution in [0.1, 0.15) is 50.7 Å². The summed E-state index contributed by atoms with van der Waals surface area (Å²) in [5.74, 6) is -3.55. The van der Waals surface area contributed by atoms with E-state index in [1.54, 1.807) is 13.8 Å². The number of carboxylic acid groups (broad SMARTS) is 1. The zero-order valence-corrected chi connectivity index (χ0v) is 22.6. The van der Waals surface area contributed by atoms with Gasteiger partial charge in [-0.25, -0.2) is 9.59 Å². The molecule has 0 aliphatic carbocycles. The van der Waals surface area contributed by atoms with Crippen LogP contribution >= 0.6 is 7.60 Å². The predicted molar refractivity (Wildman–Crippen MR) is 142 cm³/mol. The van der Waals surface area contributed by atoms with Crippen molar-refractivity contribution in [1.29, 1.82) is 0 Å². The van der Waals surface area contributed by atoms with E-state index in [9.17, 15) is 28.9 Å². The van der Waals surface area contributed by atoms with Crippen LogP contribution in [0.5, 0.6) is 0 Å². The first kappa shape index (κ1) is 31.0. The quantitative estimate of drug-likeness (QED) is 0.177. The Morgan fingerprint density at radius 2 is 1.55 bits per heavy atom. The lowest BCUT2D eigenvalue weighted by Crippen LogP contribution is -2.40. The van der Waals surface area contributed by atoms with Crippen molar-refractivity contribution in [3.8, 4) is 0 Å². The molecule has 0 fully saturated rings. The van der Waals surface area contributed by atoms with Crippen molar-refractivity contribution < 1.29 is 38.2 Å². The summed E-state index contributed by atoms with van der Waals surface area (Å²) in [6, 6.07) is 18.6. The van der Waals surface area contributed by atoms with E-state index in [0.717, 1.165) is 11.1 Å². The number of nitrogens with one attached hydrogen (secondary N) is 2. The van der Waals surface area contributed by atoms with Crippen molar-refractivity contribution in [1.82, 2.24) is 10.6 Å². The molecule has 0 heterocycles. The zero-order valence-electron chi connectivity index (χ0n) is 21.7. The smallest absolute Gasteiger partial charge is 0.407 e. The molecule has 38 heavy (non-hydrogen) atoms. The van der Waals surface area contributed by atoms with Crippen LogP contribution in [0.2, 0.25) is 0 Å². The molecule has 0 saturated heterocycles. The summed E-state index contributed by atoms with van der Waals surface area (Å²) in [5.41, 5.74) is 1.81. The van der Waals surface area contributed by atoms with E-state index in [1.807, 2.05) is 60.7 Å². The number of amides is 2. The SMILES string of the molecule is CC(C)[C@@H](NC(=O)CCc1ccccc1)P(=O)(O)OC(CCCCNC(=O)OCc1ccccc1)C(=O)O. The minimum Gasteiger partial charge on any atom is -0.479 e. The van der Waals surface area contributed by atoms with Gasteiger partial charge in [-0.2, -0.15) is 0 Å². The summed E-state index contributed by atoms with van der Waals surface area (Å²) >= 11 is 0. The number of rotatable bonds is 16. The van der Waals surface area contributed by atoms with Crippen molar-refractivity contribution in [3.05, 3.63) is 71.8 Å². The Bertz CT molecular complexity index is 1070. The van der Waals surface area contributed by atoms with Crippen LogP contribution < -0.4 is 10.6 Å². The Morgan fingerprint density at radius 3 is 2.13 bits per heavy atom. The van der Waals surface area contributed by atoms with Crippen LogP contribution in [0, 0.1) is 5.92 Å². The Hall–Kier alpha value is -3.20. The standard InChI is InChI=1S/C27H37N2O8P/c1-20(2)25(29-24(30)17-16-21-11-5-3-6-12-21)38(34,35)37-23(26(31)32)15-9-10-18-28-27(33)36-19-22-13-7-4-8-14-22/h3-8,11-14,20,23,25H,9-10,15-19H2,1-2H3,(H,28,33)(H,29,30)(H,31,32)(H,34,35)/t23?,25-/m0/s1. The lowest BCUT2D eigenvalue weighted by Gasteiger charge is -2.28. The van der Waals surface area contributed by atoms with E-state index < -0.39 is 43.4 Å². The molecule has 0 bridgehead atoms. The fraction of sp³-hybridized carbons (Fsp3) is 0.444. The number of aryl methyl sites for hydroxylation is 1. The third-order valence-electron chi connectivity index (χ3n) is 5.70. The van der Waals surface area contributed by atoms with Gasteiger partial charge in [-0.1, -0.05) is 74.5 Å². The van der Waals surface area contributed by atoms with Gasteiger partial charge in [0.15, 0.2) is 6.10 Å². The number of carbonyl (C=O) groups is 3. The van der Waals surface area contributed by atoms with Gasteiger partial charge in [-0.3, -0.25) is 13.9 Å². The highest BCUT2D eigenvalue weighted by atomic mass is 31.2. The first-order valence-electron chi connectivity index (χ1n) is 12.6. The maximum absolute atomic E-state index is 13.0. The molecule has 2 rings (SSSR count). The first-order valence-corrected chi connectivity index (χ1v) is 14.2. The maximum Gasteiger partial charge on any atom is 0.407 e. The molecule has 0 aliphatic heterocycles. The fourth-order valence-corrected chi connectivity index (χ4v) is 5.41. The van der Waals surface area contributed by atoms with E-state index in [2.05, 4.69) is 10.6 Å². The molecule has 4 N–H and O–H groups in total. The predicted octanol–water partition coefficient (Wildman–Crippen LogP) is 4.47. The largest absolute Gasteiger partial charge is 0.479 e. The number of alkyl carbamates (subject to hydrolysis) is 1. The maximum atomic E-state index is 13.0. The monoisotopic (exact) mass is 548 g/mol. The van der Waals surface area contributed by atoms with Crippen LogP contribution in [0.25, 0.3) is 0 Å². The molecule has 10 nitrogen and oxygen atoms in total. The second kappa shape index (κ2) is 15.9. The lowest BCUT2D eigenvalue weighted by molar-refractivity contribution is -0.145. The molecule has 0 aliphatic rings. The molecule has 0 saturated carbocycles. The minimum absolute atomic E-state index is 0.0482. The molecule has 2 amide bonds. The summed E-state index contributed by atoms with van der Waals surface area (Å²) in [7, 11) is -4.53. The Morgan fingerprint density at radius 1 is 0.947 bits per heavy atom. The van der Waals surface area contributed by atoms with Crippen molar-refractivity contribution in [2.45, 2.75) is 64.4 Å². The fourth-order valence-electron chi connectivity index (χ4n) is 3.65. The van der Waals surface area contributed by atoms with Crippen molar-refractivity contribution in [3.63, 3.8) is 0 Å². The van der Waals surface area contributed by atoms with Crippen LogP contribution in [-0.4, -0.2) is 46.4 Å². The second-order valence-electron chi connectivity index (χ2n) is 9.22. The highest BCUT2D eigenvalue weighted by Crippen LogP contribution is 2.50. The van der Waals surface area contributed by atoms with Crippen LogP contribution in [-0.2, 0) is 36.4 Å². The van der Waals surface area contributed by atoms with Crippen molar-refractivity contribution in [2.75, 3.05) is 6.54 Å². The molecular weight excluding hydrogens is 511 g/mol. The molecule has 2 aromatic carbocycles. The van der Waals surface area contributed by atoms with Gasteiger partial charge >= 0.3 is 19.7 Å². The summed E-state index contributed by atoms with van der Waals surface area (Å²) in [6.07, 6.45) is -0.900. The van der Waals surface area contributed by atoms with Crippen molar-refractivity contribution >= 4 is 25.6 Å². The average Bonchev–Trinajstić information content (AvgIpc) is 2.89. The van der Waals surface area contributed by atoms with Gasteiger partial charge in [0.05, 0.1) is 0 Å². The molecule has 2 unspecified atom stereocenters. The van der Waals surface area contributed by atoms with E-state index >= 15 is 0 Å². The van der Waals surface area contributed by atoms with Crippen LogP contribution in [0.15, 0.2) is 60.7 Å². The number of hydrogen-bond acceptors (Lipinski definition) is 6. The summed E-state index contributed by atoms with van der Waals surface area (Å²) in [6.45, 7) is 3.66. The third kappa shape index (κ3) is 11.5. The highest BCUT2D eigenvalue weighted by Gasteiger charge is 2.40. The van der Waals surface area contributed by atoms with Gasteiger partial charge in [0.1, 0.15) is 12.4 Å². The van der Waals surface area contributed by atoms with Crippen LogP contribution in [0.4, 0.5) is 4.79 Å². The number of unbranched alkanes of at least 4 members (excludes halogenated alkanes) is 1. The number of benzene rings is 2. The number of carboxylic acids is 1. The summed E-state index contributed by atoms with van der Waals surface area (Å²) in [4.78, 5) is 46.6. The Labute approximate surface area is 223 Å². The minimum atomic E-state index is -4.53. The average molecular weight is 549 g/mol. The molecular formula is C27H37N2O8P. The molecule has 3 atom stereocenters. The molecule has 208 valence electrons.